The predicted octanol–water partition coefficient (Wildman–Crippen LogP) is 11.6. The van der Waals surface area contributed by atoms with Crippen LogP contribution in [0.2, 0.25) is 0 Å². The molecule has 2 N–H and O–H groups in total. The van der Waals surface area contributed by atoms with Crippen LogP contribution in [0.3, 0.4) is 0 Å². The van der Waals surface area contributed by atoms with Gasteiger partial charge in [-0.25, -0.2) is 0 Å². The van der Waals surface area contributed by atoms with Crippen LogP contribution in [0.15, 0.2) is 0 Å². The minimum Gasteiger partial charge on any atom is -0.481 e. The van der Waals surface area contributed by atoms with Crippen molar-refractivity contribution in [1.29, 1.82) is 0 Å². The van der Waals surface area contributed by atoms with Gasteiger partial charge in [0, 0.05) is 0 Å². The molecule has 0 heterocycles. The van der Waals surface area contributed by atoms with Crippen LogP contribution in [0.4, 0.5) is 0 Å². The van der Waals surface area contributed by atoms with Crippen molar-refractivity contribution >= 4 is 5.97 Å². The van der Waals surface area contributed by atoms with Crippen molar-refractivity contribution in [2.75, 3.05) is 32.8 Å². The van der Waals surface area contributed by atoms with Gasteiger partial charge >= 0.3 is 5.97 Å². The van der Waals surface area contributed by atoms with E-state index in [1.807, 2.05) is 0 Å². The van der Waals surface area contributed by atoms with Crippen LogP contribution >= 0.6 is 0 Å². The van der Waals surface area contributed by atoms with Crippen LogP contribution in [0.5, 0.6) is 0 Å². The molecule has 4 heteroatoms. The highest BCUT2D eigenvalue weighted by Gasteiger charge is 2.27. The Morgan fingerprint density at radius 1 is 0.405 bits per heavy atom. The van der Waals surface area contributed by atoms with Gasteiger partial charge in [-0.3, -0.25) is 4.79 Å². The molecule has 0 amide bonds. The monoisotopic (exact) mass is 597 g/mol. The number of nitrogens with zero attached hydrogens (tertiary/aromatic N) is 1. The molecule has 0 spiro atoms. The number of quaternary nitrogens is 1. The quantitative estimate of drug-likeness (QED) is 0.0558. The second kappa shape index (κ2) is 33.3. The Hall–Kier alpha value is -0.610. The van der Waals surface area contributed by atoms with Crippen molar-refractivity contribution < 1.29 is 19.5 Å². The van der Waals surface area contributed by atoms with Crippen LogP contribution < -0.4 is 0 Å². The average Bonchev–Trinajstić information content (AvgIpc) is 2.98. The average molecular weight is 597 g/mol. The minimum atomic E-state index is -0.701. The summed E-state index contributed by atoms with van der Waals surface area (Å²) in [5, 5.41) is 19.2. The fourth-order valence-electron chi connectivity index (χ4n) is 6.68. The second-order valence-corrected chi connectivity index (χ2v) is 13.6. The molecule has 0 aliphatic rings. The third kappa shape index (κ3) is 29.5. The first-order chi connectivity index (χ1) is 20.6. The molecule has 0 radical (unpaired) electrons. The number of aliphatic hydroxyl groups excluding tert-OH is 1. The van der Waals surface area contributed by atoms with Gasteiger partial charge in [0.05, 0.1) is 32.7 Å². The molecule has 0 fully saturated rings. The molecule has 0 bridgehead atoms. The molecule has 0 aliphatic heterocycles. The van der Waals surface area contributed by atoms with E-state index in [4.69, 9.17) is 0 Å². The maximum absolute atomic E-state index is 11.4. The lowest BCUT2D eigenvalue weighted by molar-refractivity contribution is -0.928. The Kier molecular flexibility index (Phi) is 32.8. The Labute approximate surface area is 264 Å². The number of carboxylic acids is 1. The lowest BCUT2D eigenvalue weighted by Crippen LogP contribution is -2.52. The summed E-state index contributed by atoms with van der Waals surface area (Å²) in [4.78, 5) is 11.4. The second-order valence-electron chi connectivity index (χ2n) is 13.6. The van der Waals surface area contributed by atoms with Gasteiger partial charge in [-0.15, -0.1) is 0 Å². The third-order valence-corrected chi connectivity index (χ3v) is 9.60. The van der Waals surface area contributed by atoms with Gasteiger partial charge in [0.15, 0.2) is 0 Å². The summed E-state index contributed by atoms with van der Waals surface area (Å²) in [7, 11) is 0. The van der Waals surface area contributed by atoms with E-state index in [9.17, 15) is 15.0 Å². The predicted molar refractivity (Wildman–Crippen MR) is 184 cm³/mol. The number of rotatable bonds is 36. The van der Waals surface area contributed by atoms with Crippen molar-refractivity contribution in [1.82, 2.24) is 0 Å². The van der Waals surface area contributed by atoms with Crippen molar-refractivity contribution in [3.05, 3.63) is 0 Å². The van der Waals surface area contributed by atoms with Crippen molar-refractivity contribution in [2.24, 2.45) is 0 Å². The molecule has 0 saturated carbocycles. The molecule has 0 rings (SSSR count). The lowest BCUT2D eigenvalue weighted by Gasteiger charge is -2.38. The maximum Gasteiger partial charge on any atom is 0.309 e. The molecule has 0 aliphatic carbocycles. The molecule has 0 aromatic carbocycles. The van der Waals surface area contributed by atoms with Crippen LogP contribution in [0.25, 0.3) is 0 Å². The van der Waals surface area contributed by atoms with Gasteiger partial charge in [0.25, 0.3) is 0 Å². The van der Waals surface area contributed by atoms with Gasteiger partial charge in [0.1, 0.15) is 6.54 Å². The highest BCUT2D eigenvalue weighted by molar-refractivity contribution is 5.66. The van der Waals surface area contributed by atoms with Crippen LogP contribution in [0.1, 0.15) is 206 Å². The fraction of sp³-hybridized carbons (Fsp3) is 0.974. The summed E-state index contributed by atoms with van der Waals surface area (Å²) < 4.78 is 0.805. The molecule has 0 saturated heterocycles. The first kappa shape index (κ1) is 41.4. The highest BCUT2D eigenvalue weighted by atomic mass is 16.4. The first-order valence-corrected chi connectivity index (χ1v) is 19.3. The van der Waals surface area contributed by atoms with Crippen molar-refractivity contribution in [2.45, 2.75) is 206 Å². The minimum absolute atomic E-state index is 0.164. The summed E-state index contributed by atoms with van der Waals surface area (Å²) in [5.74, 6) is -0.701. The van der Waals surface area contributed by atoms with Crippen molar-refractivity contribution in [3.63, 3.8) is 0 Å². The summed E-state index contributed by atoms with van der Waals surface area (Å²) in [6.45, 7) is 8.18. The molecule has 4 nitrogen and oxygen atoms in total. The molecule has 1 atom stereocenters. The SMILES string of the molecule is CCCCCCCCCCCCCCCCC[N+](CCO)(CCCCCCCCCCCCCCCC)CCC(=O)O. The molecule has 1 unspecified atom stereocenters. The van der Waals surface area contributed by atoms with Gasteiger partial charge in [0.2, 0.25) is 0 Å². The Morgan fingerprint density at radius 2 is 0.667 bits per heavy atom. The number of carbonyl (C=O) groups is 1. The number of hydrogen-bond donors (Lipinski definition) is 2. The molecular weight excluding hydrogens is 518 g/mol. The Morgan fingerprint density at radius 3 is 0.905 bits per heavy atom. The zero-order valence-electron chi connectivity index (χ0n) is 29.0. The summed E-state index contributed by atoms with van der Waals surface area (Å²) in [6, 6.07) is 0. The van der Waals surface area contributed by atoms with E-state index in [1.165, 1.54) is 173 Å². The van der Waals surface area contributed by atoms with E-state index in [2.05, 4.69) is 13.8 Å². The van der Waals surface area contributed by atoms with Crippen molar-refractivity contribution in [3.8, 4) is 0 Å². The summed E-state index contributed by atoms with van der Waals surface area (Å²) in [5.41, 5.74) is 0. The molecule has 42 heavy (non-hydrogen) atoms. The van der Waals surface area contributed by atoms with Crippen LogP contribution in [-0.4, -0.2) is 53.5 Å². The number of unbranched alkanes of at least 4 members (excludes halogenated alkanes) is 27. The smallest absolute Gasteiger partial charge is 0.309 e. The highest BCUT2D eigenvalue weighted by Crippen LogP contribution is 2.18. The van der Waals surface area contributed by atoms with E-state index in [1.54, 1.807) is 0 Å². The standard InChI is InChI=1S/C38H77NO3/c1-3-5-7-9-11-13-15-17-19-21-23-25-27-29-31-34-39(36-37-40,35-32-38(41)42)33-30-28-26-24-22-20-18-16-14-12-10-8-6-4-2/h40H,3-37H2,1-2H3/p+1. The van der Waals surface area contributed by atoms with Crippen LogP contribution in [-0.2, 0) is 4.79 Å². The molecule has 0 aromatic heterocycles. The number of aliphatic hydroxyl groups is 1. The maximum atomic E-state index is 11.4. The van der Waals surface area contributed by atoms with Gasteiger partial charge in [-0.05, 0) is 25.7 Å². The fourth-order valence-corrected chi connectivity index (χ4v) is 6.68. The number of hydrogen-bond acceptors (Lipinski definition) is 2. The van der Waals surface area contributed by atoms with Gasteiger partial charge in [-0.2, -0.15) is 0 Å². The Balaban J connectivity index is 3.98. The summed E-state index contributed by atoms with van der Waals surface area (Å²) >= 11 is 0. The largest absolute Gasteiger partial charge is 0.481 e. The van der Waals surface area contributed by atoms with Crippen LogP contribution in [0, 0.1) is 0 Å². The number of aliphatic carboxylic acids is 1. The van der Waals surface area contributed by atoms with Gasteiger partial charge < -0.3 is 14.7 Å². The van der Waals surface area contributed by atoms with E-state index in [0.717, 1.165) is 30.4 Å². The zero-order chi connectivity index (χ0) is 30.8. The van der Waals surface area contributed by atoms with E-state index in [0.29, 0.717) is 13.1 Å². The number of carboxylic acid groups (broad SMARTS) is 1. The third-order valence-electron chi connectivity index (χ3n) is 9.60. The molecule has 252 valence electrons. The van der Waals surface area contributed by atoms with E-state index < -0.39 is 5.97 Å². The zero-order valence-corrected chi connectivity index (χ0v) is 29.0. The first-order valence-electron chi connectivity index (χ1n) is 19.3. The molecular formula is C38H78NO3+. The Bertz CT molecular complexity index is 540. The normalized spacial score (nSPS) is 13.0. The topological polar surface area (TPSA) is 57.5 Å². The van der Waals surface area contributed by atoms with Gasteiger partial charge in [-0.1, -0.05) is 174 Å². The lowest BCUT2D eigenvalue weighted by atomic mass is 10.0. The van der Waals surface area contributed by atoms with E-state index >= 15 is 0 Å². The summed E-state index contributed by atoms with van der Waals surface area (Å²) in [6.07, 6.45) is 39.8. The molecule has 0 aromatic rings. The van der Waals surface area contributed by atoms with E-state index in [-0.39, 0.29) is 13.0 Å².